The van der Waals surface area contributed by atoms with Crippen molar-refractivity contribution < 1.29 is 4.79 Å². The Morgan fingerprint density at radius 1 is 1.45 bits per heavy atom. The summed E-state index contributed by atoms with van der Waals surface area (Å²) in [6.45, 7) is 0.858. The normalized spacial score (nSPS) is 11.3. The number of carbonyl (C=O) groups excluding carboxylic acids is 1. The van der Waals surface area contributed by atoms with Crippen molar-refractivity contribution in [1.82, 2.24) is 10.3 Å². The van der Waals surface area contributed by atoms with E-state index in [0.29, 0.717) is 29.7 Å². The minimum atomic E-state index is -0.150. The first-order valence-electron chi connectivity index (χ1n) is 6.67. The summed E-state index contributed by atoms with van der Waals surface area (Å²) in [6.07, 6.45) is 0. The third-order valence-electron chi connectivity index (χ3n) is 2.83. The zero-order valence-corrected chi connectivity index (χ0v) is 13.0. The van der Waals surface area contributed by atoms with Gasteiger partial charge in [-0.05, 0) is 12.1 Å². The van der Waals surface area contributed by atoms with Crippen LogP contribution in [0.3, 0.4) is 0 Å². The van der Waals surface area contributed by atoms with Gasteiger partial charge in [0.15, 0.2) is 11.1 Å². The number of nitrogens with zero attached hydrogens (tertiary/aromatic N) is 2. The average Bonchev–Trinajstić information content (AvgIpc) is 3.01. The van der Waals surface area contributed by atoms with E-state index in [9.17, 15) is 4.79 Å². The number of benzene rings is 1. The van der Waals surface area contributed by atoms with Gasteiger partial charge in [0.05, 0.1) is 5.69 Å². The maximum atomic E-state index is 11.9. The van der Waals surface area contributed by atoms with Crippen molar-refractivity contribution in [1.29, 1.82) is 0 Å². The molecule has 0 aliphatic rings. The van der Waals surface area contributed by atoms with Gasteiger partial charge in [-0.3, -0.25) is 9.79 Å². The molecular formula is C14H18N6OS. The molecule has 0 fully saturated rings. The Labute approximate surface area is 132 Å². The van der Waals surface area contributed by atoms with Crippen LogP contribution in [0.5, 0.6) is 0 Å². The lowest BCUT2D eigenvalue weighted by Gasteiger charge is -2.05. The summed E-state index contributed by atoms with van der Waals surface area (Å²) in [5.41, 5.74) is 13.2. The van der Waals surface area contributed by atoms with Gasteiger partial charge in [-0.1, -0.05) is 12.1 Å². The van der Waals surface area contributed by atoms with E-state index in [2.05, 4.69) is 20.6 Å². The van der Waals surface area contributed by atoms with Gasteiger partial charge in [-0.15, -0.1) is 11.3 Å². The summed E-state index contributed by atoms with van der Waals surface area (Å²) >= 11 is 1.42. The predicted octanol–water partition coefficient (Wildman–Crippen LogP) is 0.855. The second-order valence-electron chi connectivity index (χ2n) is 4.40. The molecule has 6 N–H and O–H groups in total. The van der Waals surface area contributed by atoms with Crippen LogP contribution in [-0.2, 0) is 0 Å². The minimum Gasteiger partial charge on any atom is -0.370 e. The van der Waals surface area contributed by atoms with Gasteiger partial charge in [-0.2, -0.15) is 0 Å². The first kappa shape index (κ1) is 15.9. The van der Waals surface area contributed by atoms with E-state index < -0.39 is 0 Å². The fraction of sp³-hybridized carbons (Fsp3) is 0.214. The molecule has 1 heterocycles. The monoisotopic (exact) mass is 318 g/mol. The van der Waals surface area contributed by atoms with Gasteiger partial charge in [0.1, 0.15) is 0 Å². The number of thiazole rings is 1. The molecule has 0 unspecified atom stereocenters. The van der Waals surface area contributed by atoms with Gasteiger partial charge >= 0.3 is 0 Å². The van der Waals surface area contributed by atoms with Gasteiger partial charge in [-0.25, -0.2) is 4.98 Å². The number of aliphatic imine (C=N–C) groups is 1. The van der Waals surface area contributed by atoms with E-state index in [-0.39, 0.29) is 5.91 Å². The van der Waals surface area contributed by atoms with Crippen LogP contribution in [0.2, 0.25) is 0 Å². The van der Waals surface area contributed by atoms with Gasteiger partial charge in [0.2, 0.25) is 0 Å². The third kappa shape index (κ3) is 4.03. The Morgan fingerprint density at radius 3 is 3.00 bits per heavy atom. The van der Waals surface area contributed by atoms with E-state index in [0.717, 1.165) is 11.3 Å². The molecule has 0 bridgehead atoms. The lowest BCUT2D eigenvalue weighted by molar-refractivity contribution is 0.0955. The van der Waals surface area contributed by atoms with Crippen molar-refractivity contribution in [3.8, 4) is 11.3 Å². The Hall–Kier alpha value is -2.45. The largest absolute Gasteiger partial charge is 0.370 e. The fourth-order valence-corrected chi connectivity index (χ4v) is 2.46. The zero-order valence-electron chi connectivity index (χ0n) is 12.2. The second kappa shape index (κ2) is 7.53. The summed E-state index contributed by atoms with van der Waals surface area (Å²) in [6, 6.07) is 7.27. The fourth-order valence-electron chi connectivity index (χ4n) is 1.74. The highest BCUT2D eigenvalue weighted by molar-refractivity contribution is 7.14. The van der Waals surface area contributed by atoms with Crippen LogP contribution in [-0.4, -0.2) is 37.0 Å². The molecule has 0 saturated carbocycles. The van der Waals surface area contributed by atoms with E-state index in [1.54, 1.807) is 19.2 Å². The Kier molecular flexibility index (Phi) is 5.45. The molecule has 1 aromatic carbocycles. The molecule has 0 saturated heterocycles. The first-order chi connectivity index (χ1) is 10.6. The topological polar surface area (TPSA) is 118 Å². The maximum absolute atomic E-state index is 11.9. The van der Waals surface area contributed by atoms with Crippen LogP contribution in [0, 0.1) is 0 Å². The Bertz CT molecular complexity index is 681. The van der Waals surface area contributed by atoms with Gasteiger partial charge in [0.25, 0.3) is 5.91 Å². The molecule has 1 aromatic heterocycles. The number of hydrogen-bond donors (Lipinski definition) is 4. The molecule has 0 radical (unpaired) electrons. The highest BCUT2D eigenvalue weighted by atomic mass is 32.1. The van der Waals surface area contributed by atoms with E-state index in [4.69, 9.17) is 11.5 Å². The lowest BCUT2D eigenvalue weighted by atomic mass is 10.1. The summed E-state index contributed by atoms with van der Waals surface area (Å²) in [5, 5.41) is 8.17. The Balaban J connectivity index is 2.17. The van der Waals surface area contributed by atoms with Crippen LogP contribution in [0.15, 0.2) is 34.6 Å². The van der Waals surface area contributed by atoms with E-state index in [1.165, 1.54) is 11.3 Å². The molecular weight excluding hydrogens is 300 g/mol. The number of hydrogen-bond acceptors (Lipinski definition) is 5. The average molecular weight is 318 g/mol. The molecule has 116 valence electrons. The summed E-state index contributed by atoms with van der Waals surface area (Å²) in [5.74, 6) is 0.152. The maximum Gasteiger partial charge on any atom is 0.251 e. The first-order valence-corrected chi connectivity index (χ1v) is 7.55. The number of nitrogens with two attached hydrogens (primary N) is 2. The third-order valence-corrected chi connectivity index (χ3v) is 3.59. The van der Waals surface area contributed by atoms with Gasteiger partial charge in [0, 0.05) is 36.6 Å². The van der Waals surface area contributed by atoms with Crippen LogP contribution < -0.4 is 22.1 Å². The number of rotatable bonds is 5. The second-order valence-corrected chi connectivity index (χ2v) is 5.26. The van der Waals surface area contributed by atoms with Crippen molar-refractivity contribution >= 4 is 28.3 Å². The van der Waals surface area contributed by atoms with E-state index >= 15 is 0 Å². The van der Waals surface area contributed by atoms with Crippen LogP contribution in [0.1, 0.15) is 10.4 Å². The predicted molar refractivity (Wildman–Crippen MR) is 90.1 cm³/mol. The summed E-state index contributed by atoms with van der Waals surface area (Å²) < 4.78 is 0. The molecule has 0 aliphatic carbocycles. The molecule has 22 heavy (non-hydrogen) atoms. The number of aromatic nitrogens is 1. The standard InChI is InChI=1S/C14H18N6OS/c1-17-13(16)20-14-19-11(8-22-14)9-3-2-4-10(7-9)12(21)18-6-5-15/h2-4,7-8H,5-6,15H2,1H3,(H,18,21)(H3,16,17,19,20). The number of nitrogens with one attached hydrogen (secondary N) is 2. The van der Waals surface area contributed by atoms with Crippen molar-refractivity contribution in [2.24, 2.45) is 16.5 Å². The molecule has 0 atom stereocenters. The van der Waals surface area contributed by atoms with Crippen molar-refractivity contribution in [3.63, 3.8) is 0 Å². The molecule has 7 nitrogen and oxygen atoms in total. The number of guanidine groups is 1. The molecule has 2 aromatic rings. The highest BCUT2D eigenvalue weighted by Crippen LogP contribution is 2.25. The van der Waals surface area contributed by atoms with E-state index in [1.807, 2.05) is 17.5 Å². The number of carbonyl (C=O) groups is 1. The smallest absolute Gasteiger partial charge is 0.251 e. The molecule has 2 rings (SSSR count). The number of anilines is 1. The van der Waals surface area contributed by atoms with Crippen LogP contribution >= 0.6 is 11.3 Å². The van der Waals surface area contributed by atoms with Crippen LogP contribution in [0.25, 0.3) is 11.3 Å². The van der Waals surface area contributed by atoms with Crippen LogP contribution in [0.4, 0.5) is 5.13 Å². The molecule has 1 amide bonds. The number of amides is 1. The molecule has 0 spiro atoms. The Morgan fingerprint density at radius 2 is 2.27 bits per heavy atom. The minimum absolute atomic E-state index is 0.150. The molecule has 8 heteroatoms. The summed E-state index contributed by atoms with van der Waals surface area (Å²) in [4.78, 5) is 20.2. The van der Waals surface area contributed by atoms with Crippen molar-refractivity contribution in [3.05, 3.63) is 35.2 Å². The lowest BCUT2D eigenvalue weighted by Crippen LogP contribution is -2.28. The molecule has 0 aliphatic heterocycles. The quantitative estimate of drug-likeness (QED) is 0.481. The summed E-state index contributed by atoms with van der Waals surface area (Å²) in [7, 11) is 1.60. The van der Waals surface area contributed by atoms with Crippen molar-refractivity contribution in [2.45, 2.75) is 0 Å². The van der Waals surface area contributed by atoms with Crippen molar-refractivity contribution in [2.75, 3.05) is 25.5 Å². The highest BCUT2D eigenvalue weighted by Gasteiger charge is 2.09. The van der Waals surface area contributed by atoms with Gasteiger partial charge < -0.3 is 22.1 Å². The zero-order chi connectivity index (χ0) is 15.9. The SMILES string of the molecule is CN=C(N)Nc1nc(-c2cccc(C(=O)NCCN)c2)cs1.